The van der Waals surface area contributed by atoms with Crippen LogP contribution in [0.15, 0.2) is 48.5 Å². The van der Waals surface area contributed by atoms with Crippen molar-refractivity contribution in [3.8, 4) is 18.1 Å². The van der Waals surface area contributed by atoms with E-state index in [9.17, 15) is 9.59 Å². The highest BCUT2D eigenvalue weighted by molar-refractivity contribution is 5.94. The van der Waals surface area contributed by atoms with E-state index in [0.717, 1.165) is 24.0 Å². The number of rotatable bonds is 8. The van der Waals surface area contributed by atoms with E-state index >= 15 is 0 Å². The van der Waals surface area contributed by atoms with Gasteiger partial charge in [-0.2, -0.15) is 0 Å². The van der Waals surface area contributed by atoms with Gasteiger partial charge < -0.3 is 15.0 Å². The van der Waals surface area contributed by atoms with Crippen LogP contribution < -0.4 is 10.1 Å². The SMILES string of the molecule is C#CCN(Cc1ccc(C)cc1)C(=O)COc1cccc(NC(=O)C2CC2)c1. The van der Waals surface area contributed by atoms with Gasteiger partial charge in [0.15, 0.2) is 6.61 Å². The number of aryl methyl sites for hydroxylation is 1. The molecule has 0 unspecified atom stereocenters. The molecule has 0 radical (unpaired) electrons. The molecular weight excluding hydrogens is 352 g/mol. The summed E-state index contributed by atoms with van der Waals surface area (Å²) in [4.78, 5) is 26.0. The summed E-state index contributed by atoms with van der Waals surface area (Å²) in [5.41, 5.74) is 2.84. The van der Waals surface area contributed by atoms with E-state index in [4.69, 9.17) is 11.2 Å². The summed E-state index contributed by atoms with van der Waals surface area (Å²) in [7, 11) is 0. The number of terminal acetylenes is 1. The first-order chi connectivity index (χ1) is 13.5. The Bertz CT molecular complexity index is 879. The molecular formula is C23H24N2O3. The minimum absolute atomic E-state index is 0.0338. The molecule has 0 spiro atoms. The molecule has 1 N–H and O–H groups in total. The van der Waals surface area contributed by atoms with E-state index in [1.807, 2.05) is 31.2 Å². The molecule has 2 amide bonds. The van der Waals surface area contributed by atoms with Crippen LogP contribution in [-0.2, 0) is 16.1 Å². The van der Waals surface area contributed by atoms with Gasteiger partial charge >= 0.3 is 0 Å². The maximum absolute atomic E-state index is 12.6. The van der Waals surface area contributed by atoms with Gasteiger partial charge in [0.1, 0.15) is 5.75 Å². The number of carbonyl (C=O) groups is 2. The number of hydrogen-bond acceptors (Lipinski definition) is 3. The van der Waals surface area contributed by atoms with E-state index in [0.29, 0.717) is 18.0 Å². The van der Waals surface area contributed by atoms with Crippen LogP contribution in [0.25, 0.3) is 0 Å². The Morgan fingerprint density at radius 3 is 2.64 bits per heavy atom. The molecule has 1 aliphatic carbocycles. The van der Waals surface area contributed by atoms with E-state index < -0.39 is 0 Å². The van der Waals surface area contributed by atoms with E-state index in [1.165, 1.54) is 0 Å². The molecule has 2 aromatic rings. The zero-order valence-corrected chi connectivity index (χ0v) is 16.0. The highest BCUT2D eigenvalue weighted by Gasteiger charge is 2.29. The summed E-state index contributed by atoms with van der Waals surface area (Å²) < 4.78 is 5.64. The molecule has 0 aliphatic heterocycles. The topological polar surface area (TPSA) is 58.6 Å². The Balaban J connectivity index is 1.57. The predicted molar refractivity (Wildman–Crippen MR) is 109 cm³/mol. The second-order valence-corrected chi connectivity index (χ2v) is 7.02. The maximum Gasteiger partial charge on any atom is 0.261 e. The van der Waals surface area contributed by atoms with Crippen molar-refractivity contribution in [1.29, 1.82) is 0 Å². The van der Waals surface area contributed by atoms with Crippen molar-refractivity contribution in [2.24, 2.45) is 5.92 Å². The molecule has 144 valence electrons. The normalized spacial score (nSPS) is 12.7. The summed E-state index contributed by atoms with van der Waals surface area (Å²) in [6.07, 6.45) is 7.32. The smallest absolute Gasteiger partial charge is 0.261 e. The van der Waals surface area contributed by atoms with Crippen LogP contribution in [0.2, 0.25) is 0 Å². The average Bonchev–Trinajstić information content (AvgIpc) is 3.53. The quantitative estimate of drug-likeness (QED) is 0.719. The molecule has 0 saturated heterocycles. The van der Waals surface area contributed by atoms with Crippen LogP contribution in [0.3, 0.4) is 0 Å². The van der Waals surface area contributed by atoms with Gasteiger partial charge in [0, 0.05) is 24.2 Å². The third-order valence-corrected chi connectivity index (χ3v) is 4.54. The van der Waals surface area contributed by atoms with Crippen molar-refractivity contribution >= 4 is 17.5 Å². The molecule has 0 bridgehead atoms. The van der Waals surface area contributed by atoms with Gasteiger partial charge in [-0.25, -0.2) is 0 Å². The summed E-state index contributed by atoms with van der Waals surface area (Å²) >= 11 is 0. The lowest BCUT2D eigenvalue weighted by atomic mass is 10.1. The number of amides is 2. The third-order valence-electron chi connectivity index (χ3n) is 4.54. The second-order valence-electron chi connectivity index (χ2n) is 7.02. The van der Waals surface area contributed by atoms with Crippen molar-refractivity contribution in [2.45, 2.75) is 26.3 Å². The zero-order chi connectivity index (χ0) is 19.9. The summed E-state index contributed by atoms with van der Waals surface area (Å²) in [5.74, 6) is 3.03. The van der Waals surface area contributed by atoms with E-state index in [1.54, 1.807) is 29.2 Å². The first kappa shape index (κ1) is 19.5. The fourth-order valence-corrected chi connectivity index (χ4v) is 2.75. The molecule has 1 aliphatic rings. The van der Waals surface area contributed by atoms with Gasteiger partial charge in [-0.3, -0.25) is 9.59 Å². The number of ether oxygens (including phenoxy) is 1. The Hall–Kier alpha value is -3.26. The first-order valence-corrected chi connectivity index (χ1v) is 9.35. The summed E-state index contributed by atoms with van der Waals surface area (Å²) in [5, 5.41) is 2.87. The van der Waals surface area contributed by atoms with Gasteiger partial charge in [0.05, 0.1) is 6.54 Å². The van der Waals surface area contributed by atoms with Crippen LogP contribution in [0.1, 0.15) is 24.0 Å². The zero-order valence-electron chi connectivity index (χ0n) is 16.0. The Morgan fingerprint density at radius 1 is 1.21 bits per heavy atom. The number of hydrogen-bond donors (Lipinski definition) is 1. The second kappa shape index (κ2) is 9.09. The lowest BCUT2D eigenvalue weighted by molar-refractivity contribution is -0.133. The standard InChI is InChI=1S/C23H24N2O3/c1-3-13-25(15-18-9-7-17(2)8-10-18)22(26)16-28-21-6-4-5-20(14-21)24-23(27)19-11-12-19/h1,4-10,14,19H,11-13,15-16H2,2H3,(H,24,27). The molecule has 0 heterocycles. The molecule has 28 heavy (non-hydrogen) atoms. The largest absolute Gasteiger partial charge is 0.484 e. The van der Waals surface area contributed by atoms with Gasteiger partial charge in [0.25, 0.3) is 5.91 Å². The number of carbonyl (C=O) groups excluding carboxylic acids is 2. The first-order valence-electron chi connectivity index (χ1n) is 9.35. The molecule has 5 nitrogen and oxygen atoms in total. The van der Waals surface area contributed by atoms with Gasteiger partial charge in [-0.1, -0.05) is 41.8 Å². The van der Waals surface area contributed by atoms with Gasteiger partial charge in [-0.15, -0.1) is 6.42 Å². The summed E-state index contributed by atoms with van der Waals surface area (Å²) in [6, 6.07) is 15.0. The fourth-order valence-electron chi connectivity index (χ4n) is 2.75. The molecule has 1 saturated carbocycles. The minimum Gasteiger partial charge on any atom is -0.484 e. The van der Waals surface area contributed by atoms with Crippen molar-refractivity contribution < 1.29 is 14.3 Å². The Kier molecular flexibility index (Phi) is 6.33. The number of anilines is 1. The lowest BCUT2D eigenvalue weighted by Gasteiger charge is -2.21. The van der Waals surface area contributed by atoms with Crippen LogP contribution in [0.5, 0.6) is 5.75 Å². The van der Waals surface area contributed by atoms with Crippen LogP contribution in [-0.4, -0.2) is 29.9 Å². The van der Waals surface area contributed by atoms with Crippen LogP contribution in [0.4, 0.5) is 5.69 Å². The van der Waals surface area contributed by atoms with Crippen molar-refractivity contribution in [3.05, 3.63) is 59.7 Å². The predicted octanol–water partition coefficient (Wildman–Crippen LogP) is 3.38. The van der Waals surface area contributed by atoms with Crippen molar-refractivity contribution in [2.75, 3.05) is 18.5 Å². The van der Waals surface area contributed by atoms with E-state index in [-0.39, 0.29) is 30.9 Å². The summed E-state index contributed by atoms with van der Waals surface area (Å²) in [6.45, 7) is 2.55. The number of benzene rings is 2. The fraction of sp³-hybridized carbons (Fsp3) is 0.304. The number of nitrogens with zero attached hydrogens (tertiary/aromatic N) is 1. The molecule has 0 atom stereocenters. The average molecular weight is 376 g/mol. The monoisotopic (exact) mass is 376 g/mol. The van der Waals surface area contributed by atoms with Crippen molar-refractivity contribution in [3.63, 3.8) is 0 Å². The third kappa shape index (κ3) is 5.62. The molecule has 1 fully saturated rings. The van der Waals surface area contributed by atoms with Gasteiger partial charge in [-0.05, 0) is 37.5 Å². The van der Waals surface area contributed by atoms with Crippen molar-refractivity contribution in [1.82, 2.24) is 4.90 Å². The highest BCUT2D eigenvalue weighted by Crippen LogP contribution is 2.30. The maximum atomic E-state index is 12.6. The Labute approximate surface area is 165 Å². The minimum atomic E-state index is -0.189. The molecule has 3 rings (SSSR count). The molecule has 2 aromatic carbocycles. The van der Waals surface area contributed by atoms with Crippen LogP contribution in [0, 0.1) is 25.2 Å². The van der Waals surface area contributed by atoms with Crippen LogP contribution >= 0.6 is 0 Å². The van der Waals surface area contributed by atoms with E-state index in [2.05, 4.69) is 11.2 Å². The van der Waals surface area contributed by atoms with Gasteiger partial charge in [0.2, 0.25) is 5.91 Å². The highest BCUT2D eigenvalue weighted by atomic mass is 16.5. The lowest BCUT2D eigenvalue weighted by Crippen LogP contribution is -2.34. The number of nitrogens with one attached hydrogen (secondary N) is 1. The Morgan fingerprint density at radius 2 is 1.96 bits per heavy atom. The molecule has 0 aromatic heterocycles. The molecule has 5 heteroatoms.